The van der Waals surface area contributed by atoms with Gasteiger partial charge in [-0.1, -0.05) is 31.2 Å². The molecule has 6 nitrogen and oxygen atoms in total. The second-order valence-electron chi connectivity index (χ2n) is 6.29. The normalized spacial score (nSPS) is 25.5. The van der Waals surface area contributed by atoms with Crippen molar-refractivity contribution < 1.29 is 17.9 Å². The van der Waals surface area contributed by atoms with Crippen LogP contribution in [-0.4, -0.2) is 54.8 Å². The number of alkyl halides is 1. The van der Waals surface area contributed by atoms with E-state index < -0.39 is 15.7 Å². The maximum atomic E-state index is 12.1. The van der Waals surface area contributed by atoms with E-state index >= 15 is 0 Å². The fourth-order valence-electron chi connectivity index (χ4n) is 3.06. The highest BCUT2D eigenvalue weighted by atomic mass is 35.5. The molecule has 0 aromatic heterocycles. The van der Waals surface area contributed by atoms with E-state index in [1.54, 1.807) is 0 Å². The van der Waals surface area contributed by atoms with Crippen molar-refractivity contribution in [2.24, 2.45) is 4.99 Å². The van der Waals surface area contributed by atoms with E-state index in [0.717, 1.165) is 18.5 Å². The van der Waals surface area contributed by atoms with Crippen LogP contribution in [0.2, 0.25) is 0 Å². The van der Waals surface area contributed by atoms with Crippen LogP contribution in [0.1, 0.15) is 19.8 Å². The number of unbranched alkanes of at least 4 members (excludes halogenated alkanes) is 1. The monoisotopic (exact) mass is 416 g/mol. The van der Waals surface area contributed by atoms with E-state index in [9.17, 15) is 13.2 Å². The molecule has 2 saturated heterocycles. The first-order valence-corrected chi connectivity index (χ1v) is 11.7. The molecule has 9 heteroatoms. The zero-order valence-corrected chi connectivity index (χ0v) is 16.8. The highest BCUT2D eigenvalue weighted by Crippen LogP contribution is 2.41. The summed E-state index contributed by atoms with van der Waals surface area (Å²) in [4.78, 5) is 17.7. The van der Waals surface area contributed by atoms with Gasteiger partial charge in [-0.2, -0.15) is 4.99 Å². The molecule has 0 saturated carbocycles. The molecule has 0 aliphatic carbocycles. The second-order valence-corrected chi connectivity index (χ2v) is 9.92. The Kier molecular flexibility index (Phi) is 6.14. The van der Waals surface area contributed by atoms with E-state index in [1.165, 1.54) is 11.8 Å². The number of hydrogen-bond acceptors (Lipinski definition) is 5. The fourth-order valence-corrected chi connectivity index (χ4v) is 7.05. The summed E-state index contributed by atoms with van der Waals surface area (Å²) < 4.78 is 29.9. The van der Waals surface area contributed by atoms with Crippen LogP contribution < -0.4 is 9.64 Å². The van der Waals surface area contributed by atoms with E-state index in [4.69, 9.17) is 16.3 Å². The van der Waals surface area contributed by atoms with Gasteiger partial charge in [0.05, 0.1) is 24.2 Å². The number of halogens is 1. The van der Waals surface area contributed by atoms with Crippen molar-refractivity contribution in [1.82, 2.24) is 0 Å². The summed E-state index contributed by atoms with van der Waals surface area (Å²) in [6.45, 7) is 2.72. The number of carbonyl (C=O) groups excluding carboxylic acids is 1. The lowest BCUT2D eigenvalue weighted by molar-refractivity contribution is -0.115. The van der Waals surface area contributed by atoms with Crippen LogP contribution in [0.25, 0.3) is 0 Å². The molecule has 0 bridgehead atoms. The molecule has 3 rings (SSSR count). The molecule has 26 heavy (non-hydrogen) atoms. The molecule has 1 aromatic rings. The molecular weight excluding hydrogens is 396 g/mol. The van der Waals surface area contributed by atoms with Crippen LogP contribution in [0.15, 0.2) is 29.3 Å². The average molecular weight is 417 g/mol. The highest BCUT2D eigenvalue weighted by molar-refractivity contribution is 8.16. The first-order valence-electron chi connectivity index (χ1n) is 8.50. The molecule has 2 atom stereocenters. The smallest absolute Gasteiger partial charge is 0.262 e. The van der Waals surface area contributed by atoms with Crippen molar-refractivity contribution >= 4 is 50.0 Å². The lowest BCUT2D eigenvalue weighted by Crippen LogP contribution is -2.37. The molecule has 2 heterocycles. The lowest BCUT2D eigenvalue weighted by Gasteiger charge is -2.25. The summed E-state index contributed by atoms with van der Waals surface area (Å²) in [5.41, 5.74) is 0.775. The summed E-state index contributed by atoms with van der Waals surface area (Å²) in [6, 6.07) is 7.23. The van der Waals surface area contributed by atoms with Crippen molar-refractivity contribution in [3.8, 4) is 5.75 Å². The van der Waals surface area contributed by atoms with Crippen molar-refractivity contribution in [3.63, 3.8) is 0 Å². The number of amidine groups is 1. The summed E-state index contributed by atoms with van der Waals surface area (Å²) in [7, 11) is -3.09. The topological polar surface area (TPSA) is 76.0 Å². The Morgan fingerprint density at radius 2 is 2.23 bits per heavy atom. The SMILES string of the molecule is CCCCOc1cccc(N2C(=NC(=O)CCl)S[C@@H]3CS(=O)(=O)C[C@H]32)c1. The maximum Gasteiger partial charge on any atom is 0.262 e. The molecule has 2 aliphatic rings. The number of amides is 1. The third kappa shape index (κ3) is 4.35. The van der Waals surface area contributed by atoms with Crippen LogP contribution in [0.5, 0.6) is 5.75 Å². The van der Waals surface area contributed by atoms with Crippen molar-refractivity contribution in [3.05, 3.63) is 24.3 Å². The number of aliphatic imine (C=N–C) groups is 1. The largest absolute Gasteiger partial charge is 0.494 e. The number of ether oxygens (including phenoxy) is 1. The van der Waals surface area contributed by atoms with Gasteiger partial charge in [-0.25, -0.2) is 8.42 Å². The van der Waals surface area contributed by atoms with E-state index in [1.807, 2.05) is 29.2 Å². The van der Waals surface area contributed by atoms with Crippen LogP contribution in [0.3, 0.4) is 0 Å². The number of carbonyl (C=O) groups is 1. The van der Waals surface area contributed by atoms with E-state index in [2.05, 4.69) is 11.9 Å². The molecule has 1 aromatic carbocycles. The number of sulfone groups is 1. The Balaban J connectivity index is 1.91. The standard InChI is InChI=1S/C17H21ClN2O4S2/c1-2-3-7-24-13-6-4-5-12(8-13)20-14-10-26(22,23)11-15(14)25-17(20)19-16(21)9-18/h4-6,8,14-15H,2-3,7,9-11H2,1H3/t14-,15-/m1/s1. The molecule has 142 valence electrons. The molecule has 2 aliphatic heterocycles. The van der Waals surface area contributed by atoms with Gasteiger partial charge in [0, 0.05) is 17.0 Å². The van der Waals surface area contributed by atoms with Gasteiger partial charge < -0.3 is 9.64 Å². The number of rotatable bonds is 6. The molecule has 2 fully saturated rings. The van der Waals surface area contributed by atoms with Gasteiger partial charge in [-0.05, 0) is 18.6 Å². The summed E-state index contributed by atoms with van der Waals surface area (Å²) in [5.74, 6) is 0.232. The molecule has 0 N–H and O–H groups in total. The lowest BCUT2D eigenvalue weighted by atomic mass is 10.2. The fraction of sp³-hybridized carbons (Fsp3) is 0.529. The average Bonchev–Trinajstić information content (AvgIpc) is 3.06. The minimum Gasteiger partial charge on any atom is -0.494 e. The summed E-state index contributed by atoms with van der Waals surface area (Å²) in [5, 5.41) is 0.373. The Morgan fingerprint density at radius 3 is 2.96 bits per heavy atom. The van der Waals surface area contributed by atoms with Crippen LogP contribution in [0, 0.1) is 0 Å². The summed E-state index contributed by atoms with van der Waals surface area (Å²) >= 11 is 6.92. The van der Waals surface area contributed by atoms with Gasteiger partial charge in [0.2, 0.25) is 0 Å². The predicted molar refractivity (Wildman–Crippen MR) is 106 cm³/mol. The number of fused-ring (bicyclic) bond motifs is 1. The minimum atomic E-state index is -3.09. The quantitative estimate of drug-likeness (QED) is 0.524. The number of benzene rings is 1. The third-order valence-corrected chi connectivity index (χ3v) is 7.70. The van der Waals surface area contributed by atoms with Crippen LogP contribution >= 0.6 is 23.4 Å². The highest BCUT2D eigenvalue weighted by Gasteiger charge is 2.49. The summed E-state index contributed by atoms with van der Waals surface area (Å²) in [6.07, 6.45) is 2.01. The third-order valence-electron chi connectivity index (χ3n) is 4.26. The number of anilines is 1. The Labute approximate surface area is 162 Å². The van der Waals surface area contributed by atoms with Crippen LogP contribution in [-0.2, 0) is 14.6 Å². The predicted octanol–water partition coefficient (Wildman–Crippen LogP) is 2.71. The maximum absolute atomic E-state index is 12.1. The first-order chi connectivity index (χ1) is 12.4. The van der Waals surface area contributed by atoms with Crippen molar-refractivity contribution in [2.45, 2.75) is 31.1 Å². The zero-order chi connectivity index (χ0) is 18.7. The van der Waals surface area contributed by atoms with Crippen LogP contribution in [0.4, 0.5) is 5.69 Å². The Bertz CT molecular complexity index is 813. The van der Waals surface area contributed by atoms with E-state index in [0.29, 0.717) is 17.5 Å². The Hall–Kier alpha value is -1.25. The molecule has 0 radical (unpaired) electrons. The molecule has 0 unspecified atom stereocenters. The molecule has 1 amide bonds. The van der Waals surface area contributed by atoms with Gasteiger partial charge in [-0.3, -0.25) is 4.79 Å². The Morgan fingerprint density at radius 1 is 1.42 bits per heavy atom. The minimum absolute atomic E-state index is 0.0552. The number of thioether (sulfide) groups is 1. The molecular formula is C17H21ClN2O4S2. The van der Waals surface area contributed by atoms with Gasteiger partial charge in [0.1, 0.15) is 11.6 Å². The number of nitrogens with zero attached hydrogens (tertiary/aromatic N) is 2. The van der Waals surface area contributed by atoms with Gasteiger partial charge in [0.15, 0.2) is 15.0 Å². The van der Waals surface area contributed by atoms with Crippen molar-refractivity contribution in [2.75, 3.05) is 28.9 Å². The van der Waals surface area contributed by atoms with Crippen molar-refractivity contribution in [1.29, 1.82) is 0 Å². The van der Waals surface area contributed by atoms with E-state index in [-0.39, 0.29) is 28.7 Å². The van der Waals surface area contributed by atoms with Gasteiger partial charge in [-0.15, -0.1) is 11.6 Å². The number of hydrogen-bond donors (Lipinski definition) is 0. The van der Waals surface area contributed by atoms with Gasteiger partial charge in [0.25, 0.3) is 5.91 Å². The first kappa shape index (κ1) is 19.5. The second kappa shape index (κ2) is 8.19. The molecule has 0 spiro atoms. The zero-order valence-electron chi connectivity index (χ0n) is 14.4. The van der Waals surface area contributed by atoms with Gasteiger partial charge >= 0.3 is 0 Å².